The molecule has 9 nitrogen and oxygen atoms in total. The lowest BCUT2D eigenvalue weighted by atomic mass is 10.1. The van der Waals surface area contributed by atoms with Gasteiger partial charge < -0.3 is 19.7 Å². The van der Waals surface area contributed by atoms with E-state index in [4.69, 9.17) is 32.7 Å². The SMILES string of the molecule is CNC(=O)[C@@H](C)N(Cc1ccc(Cl)c(Cl)c1)C(=O)COc1ccc([N+](=O)[O-])c(OC)c1. The average molecular weight is 470 g/mol. The largest absolute Gasteiger partial charge is 0.490 e. The van der Waals surface area contributed by atoms with Gasteiger partial charge in [-0.25, -0.2) is 0 Å². The second-order valence-corrected chi connectivity index (χ2v) is 7.25. The number of benzene rings is 2. The molecule has 0 spiro atoms. The molecule has 0 fully saturated rings. The molecule has 11 heteroatoms. The van der Waals surface area contributed by atoms with E-state index in [-0.39, 0.29) is 29.6 Å². The highest BCUT2D eigenvalue weighted by molar-refractivity contribution is 6.42. The van der Waals surface area contributed by atoms with Gasteiger partial charge in [0.2, 0.25) is 11.7 Å². The lowest BCUT2D eigenvalue weighted by Crippen LogP contribution is -2.48. The molecule has 1 atom stereocenters. The first kappa shape index (κ1) is 24.2. The van der Waals surface area contributed by atoms with Crippen LogP contribution >= 0.6 is 23.2 Å². The molecule has 0 unspecified atom stereocenters. The molecule has 0 heterocycles. The van der Waals surface area contributed by atoms with Crippen molar-refractivity contribution < 1.29 is 24.0 Å². The molecule has 2 aromatic carbocycles. The van der Waals surface area contributed by atoms with Crippen LogP contribution < -0.4 is 14.8 Å². The minimum absolute atomic E-state index is 0.00124. The van der Waals surface area contributed by atoms with Gasteiger partial charge in [-0.1, -0.05) is 29.3 Å². The Balaban J connectivity index is 2.19. The van der Waals surface area contributed by atoms with Crippen molar-refractivity contribution in [3.8, 4) is 11.5 Å². The van der Waals surface area contributed by atoms with E-state index in [1.54, 1.807) is 25.1 Å². The van der Waals surface area contributed by atoms with Crippen LogP contribution in [-0.4, -0.2) is 48.4 Å². The number of nitro benzene ring substituents is 1. The quantitative estimate of drug-likeness (QED) is 0.444. The summed E-state index contributed by atoms with van der Waals surface area (Å²) in [6.45, 7) is 1.28. The summed E-state index contributed by atoms with van der Waals surface area (Å²) < 4.78 is 10.5. The van der Waals surface area contributed by atoms with Gasteiger partial charge in [-0.05, 0) is 30.7 Å². The number of nitrogens with one attached hydrogen (secondary N) is 1. The number of amides is 2. The van der Waals surface area contributed by atoms with Crippen LogP contribution in [0.1, 0.15) is 12.5 Å². The molecule has 0 aromatic heterocycles. The third-order valence-corrected chi connectivity index (χ3v) is 5.20. The summed E-state index contributed by atoms with van der Waals surface area (Å²) >= 11 is 12.0. The molecule has 0 saturated heterocycles. The first-order valence-electron chi connectivity index (χ1n) is 9.08. The van der Waals surface area contributed by atoms with E-state index in [1.165, 1.54) is 37.3 Å². The van der Waals surface area contributed by atoms with Crippen LogP contribution in [0, 0.1) is 10.1 Å². The second kappa shape index (κ2) is 10.8. The number of likely N-dealkylation sites (N-methyl/N-ethyl adjacent to an activating group) is 1. The minimum Gasteiger partial charge on any atom is -0.490 e. The maximum absolute atomic E-state index is 12.9. The summed E-state index contributed by atoms with van der Waals surface area (Å²) in [5.74, 6) is -0.621. The Hall–Kier alpha value is -3.04. The molecular weight excluding hydrogens is 449 g/mol. The van der Waals surface area contributed by atoms with Crippen molar-refractivity contribution in [1.82, 2.24) is 10.2 Å². The number of ether oxygens (including phenoxy) is 2. The molecule has 31 heavy (non-hydrogen) atoms. The van der Waals surface area contributed by atoms with E-state index in [9.17, 15) is 19.7 Å². The summed E-state index contributed by atoms with van der Waals surface area (Å²) in [6, 6.07) is 8.03. The van der Waals surface area contributed by atoms with Gasteiger partial charge >= 0.3 is 5.69 Å². The van der Waals surface area contributed by atoms with Crippen LogP contribution in [0.5, 0.6) is 11.5 Å². The Labute approximate surface area is 189 Å². The van der Waals surface area contributed by atoms with Crippen LogP contribution in [0.4, 0.5) is 5.69 Å². The van der Waals surface area contributed by atoms with Crippen LogP contribution in [0.2, 0.25) is 10.0 Å². The Morgan fingerprint density at radius 3 is 2.48 bits per heavy atom. The van der Waals surface area contributed by atoms with Gasteiger partial charge in [-0.2, -0.15) is 0 Å². The molecule has 0 aliphatic rings. The topological polar surface area (TPSA) is 111 Å². The second-order valence-electron chi connectivity index (χ2n) is 6.44. The zero-order valence-corrected chi connectivity index (χ0v) is 18.6. The lowest BCUT2D eigenvalue weighted by Gasteiger charge is -2.28. The fourth-order valence-corrected chi connectivity index (χ4v) is 3.07. The number of rotatable bonds is 9. The highest BCUT2D eigenvalue weighted by Crippen LogP contribution is 2.31. The molecule has 0 aliphatic carbocycles. The molecule has 0 bridgehead atoms. The minimum atomic E-state index is -0.790. The Bertz CT molecular complexity index is 985. The highest BCUT2D eigenvalue weighted by atomic mass is 35.5. The zero-order chi connectivity index (χ0) is 23.1. The number of hydrogen-bond acceptors (Lipinski definition) is 6. The predicted octanol–water partition coefficient (Wildman–Crippen LogP) is 3.45. The molecule has 1 N–H and O–H groups in total. The van der Waals surface area contributed by atoms with Crippen molar-refractivity contribution in [3.63, 3.8) is 0 Å². The smallest absolute Gasteiger partial charge is 0.311 e. The summed E-state index contributed by atoms with van der Waals surface area (Å²) in [6.07, 6.45) is 0. The highest BCUT2D eigenvalue weighted by Gasteiger charge is 2.26. The van der Waals surface area contributed by atoms with E-state index in [1.807, 2.05) is 0 Å². The molecule has 2 amide bonds. The van der Waals surface area contributed by atoms with Gasteiger partial charge in [0.25, 0.3) is 5.91 Å². The zero-order valence-electron chi connectivity index (χ0n) is 17.1. The van der Waals surface area contributed by atoms with Crippen molar-refractivity contribution in [3.05, 3.63) is 62.1 Å². The van der Waals surface area contributed by atoms with Crippen molar-refractivity contribution in [2.24, 2.45) is 0 Å². The first-order chi connectivity index (χ1) is 14.7. The number of carbonyl (C=O) groups excluding carboxylic acids is 2. The van der Waals surface area contributed by atoms with Gasteiger partial charge in [0.1, 0.15) is 11.8 Å². The molecule has 166 valence electrons. The average Bonchev–Trinajstić information content (AvgIpc) is 2.76. The summed E-state index contributed by atoms with van der Waals surface area (Å²) in [5.41, 5.74) is 0.450. The van der Waals surface area contributed by atoms with Crippen molar-refractivity contribution in [2.45, 2.75) is 19.5 Å². The molecule has 2 rings (SSSR count). The van der Waals surface area contributed by atoms with Crippen LogP contribution in [0.25, 0.3) is 0 Å². The van der Waals surface area contributed by atoms with E-state index >= 15 is 0 Å². The van der Waals surface area contributed by atoms with E-state index < -0.39 is 23.5 Å². The van der Waals surface area contributed by atoms with Crippen molar-refractivity contribution >= 4 is 40.7 Å². The fraction of sp³-hybridized carbons (Fsp3) is 0.300. The first-order valence-corrected chi connectivity index (χ1v) is 9.83. The standard InChI is InChI=1S/C20H21Cl2N3O6/c1-12(20(27)23-2)24(10-13-4-6-15(21)16(22)8-13)19(26)11-31-14-5-7-17(25(28)29)18(9-14)30-3/h4-9,12H,10-11H2,1-3H3,(H,23,27)/t12-/m1/s1. The van der Waals surface area contributed by atoms with E-state index in [0.717, 1.165) is 0 Å². The number of methoxy groups -OCH3 is 1. The molecule has 2 aromatic rings. The molecule has 0 saturated carbocycles. The lowest BCUT2D eigenvalue weighted by molar-refractivity contribution is -0.385. The molecular formula is C20H21Cl2N3O6. The van der Waals surface area contributed by atoms with Gasteiger partial charge in [0.15, 0.2) is 6.61 Å². The van der Waals surface area contributed by atoms with Crippen LogP contribution in [0.3, 0.4) is 0 Å². The van der Waals surface area contributed by atoms with Crippen LogP contribution in [-0.2, 0) is 16.1 Å². The maximum Gasteiger partial charge on any atom is 0.311 e. The third-order valence-electron chi connectivity index (χ3n) is 4.46. The normalized spacial score (nSPS) is 11.4. The Kier molecular flexibility index (Phi) is 8.47. The Morgan fingerprint density at radius 2 is 1.90 bits per heavy atom. The van der Waals surface area contributed by atoms with Gasteiger partial charge in [0.05, 0.1) is 22.1 Å². The monoisotopic (exact) mass is 469 g/mol. The fourth-order valence-electron chi connectivity index (χ4n) is 2.75. The maximum atomic E-state index is 12.9. The van der Waals surface area contributed by atoms with E-state index in [2.05, 4.69) is 5.32 Å². The van der Waals surface area contributed by atoms with Gasteiger partial charge in [-0.3, -0.25) is 19.7 Å². The third kappa shape index (κ3) is 6.22. The van der Waals surface area contributed by atoms with Gasteiger partial charge in [0, 0.05) is 25.7 Å². The molecule has 0 aliphatic heterocycles. The summed E-state index contributed by atoms with van der Waals surface area (Å²) in [5, 5.41) is 14.2. The van der Waals surface area contributed by atoms with Gasteiger partial charge in [-0.15, -0.1) is 0 Å². The van der Waals surface area contributed by atoms with Crippen molar-refractivity contribution in [2.75, 3.05) is 20.8 Å². The number of carbonyl (C=O) groups is 2. The van der Waals surface area contributed by atoms with Crippen LogP contribution in [0.15, 0.2) is 36.4 Å². The summed E-state index contributed by atoms with van der Waals surface area (Å²) in [4.78, 5) is 36.8. The predicted molar refractivity (Wildman–Crippen MR) is 116 cm³/mol. The number of halogens is 2. The Morgan fingerprint density at radius 1 is 1.19 bits per heavy atom. The number of nitro groups is 1. The van der Waals surface area contributed by atoms with Crippen molar-refractivity contribution in [1.29, 1.82) is 0 Å². The molecule has 0 radical (unpaired) electrons. The number of hydrogen-bond donors (Lipinski definition) is 1. The summed E-state index contributed by atoms with van der Waals surface area (Å²) in [7, 11) is 2.77. The number of nitrogens with zero attached hydrogens (tertiary/aromatic N) is 2. The van der Waals surface area contributed by atoms with E-state index in [0.29, 0.717) is 15.6 Å².